The fourth-order valence-corrected chi connectivity index (χ4v) is 4.07. The Hall–Kier alpha value is -1.28. The van der Waals surface area contributed by atoms with Crippen LogP contribution >= 0.6 is 11.6 Å². The summed E-state index contributed by atoms with van der Waals surface area (Å²) >= 11 is 6.26. The van der Waals surface area contributed by atoms with E-state index in [4.69, 9.17) is 11.6 Å². The molecule has 2 atom stereocenters. The van der Waals surface area contributed by atoms with Crippen LogP contribution in [0.15, 0.2) is 30.5 Å². The molecule has 2 saturated carbocycles. The zero-order valence-corrected chi connectivity index (χ0v) is 12.9. The Morgan fingerprint density at radius 1 is 1.10 bits per heavy atom. The van der Waals surface area contributed by atoms with Gasteiger partial charge in [0.25, 0.3) is 0 Å². The molecule has 3 heteroatoms. The van der Waals surface area contributed by atoms with E-state index in [9.17, 15) is 0 Å². The molecule has 21 heavy (non-hydrogen) atoms. The Bertz CT molecular complexity index is 651. The largest absolute Gasteiger partial charge is 0.380 e. The molecule has 1 aromatic heterocycles. The van der Waals surface area contributed by atoms with E-state index < -0.39 is 0 Å². The van der Waals surface area contributed by atoms with Crippen LogP contribution < -0.4 is 5.32 Å². The van der Waals surface area contributed by atoms with Crippen molar-refractivity contribution >= 4 is 28.2 Å². The second-order valence-electron chi connectivity index (χ2n) is 6.63. The zero-order chi connectivity index (χ0) is 14.2. The van der Waals surface area contributed by atoms with E-state index in [0.717, 1.165) is 33.4 Å². The Morgan fingerprint density at radius 2 is 2.00 bits per heavy atom. The van der Waals surface area contributed by atoms with Crippen LogP contribution in [0.2, 0.25) is 5.02 Å². The van der Waals surface area contributed by atoms with Gasteiger partial charge in [-0.3, -0.25) is 4.98 Å². The lowest BCUT2D eigenvalue weighted by Crippen LogP contribution is -2.28. The molecule has 2 aliphatic rings. The summed E-state index contributed by atoms with van der Waals surface area (Å²) in [6, 6.07) is 8.63. The fourth-order valence-electron chi connectivity index (χ4n) is 3.84. The van der Waals surface area contributed by atoms with E-state index in [-0.39, 0.29) is 0 Å². The molecule has 2 nitrogen and oxygen atoms in total. The summed E-state index contributed by atoms with van der Waals surface area (Å²) in [5, 5.41) is 5.63. The van der Waals surface area contributed by atoms with Crippen LogP contribution in [-0.2, 0) is 0 Å². The Kier molecular flexibility index (Phi) is 3.50. The molecule has 0 aliphatic heterocycles. The first kappa shape index (κ1) is 13.4. The van der Waals surface area contributed by atoms with Gasteiger partial charge in [0.1, 0.15) is 0 Å². The number of nitrogens with one attached hydrogen (secondary N) is 1. The van der Waals surface area contributed by atoms with Crippen LogP contribution in [0.25, 0.3) is 10.9 Å². The van der Waals surface area contributed by atoms with E-state index in [1.54, 1.807) is 0 Å². The molecule has 1 heterocycles. The lowest BCUT2D eigenvalue weighted by atomic mass is 9.82. The highest BCUT2D eigenvalue weighted by Crippen LogP contribution is 2.44. The first-order valence-corrected chi connectivity index (χ1v) is 8.48. The van der Waals surface area contributed by atoms with Crippen molar-refractivity contribution in [2.75, 3.05) is 5.32 Å². The van der Waals surface area contributed by atoms with E-state index in [0.29, 0.717) is 6.04 Å². The lowest BCUT2D eigenvalue weighted by Gasteiger charge is -2.30. The molecule has 2 fully saturated rings. The van der Waals surface area contributed by atoms with Crippen LogP contribution in [0.1, 0.15) is 38.5 Å². The number of pyridine rings is 1. The minimum atomic E-state index is 0.577. The second kappa shape index (κ2) is 5.49. The first-order chi connectivity index (χ1) is 10.3. The molecule has 2 unspecified atom stereocenters. The number of hydrogen-bond donors (Lipinski definition) is 1. The molecular formula is C18H21ClN2. The molecule has 1 N–H and O–H groups in total. The van der Waals surface area contributed by atoms with E-state index >= 15 is 0 Å². The third-order valence-corrected chi connectivity index (χ3v) is 5.25. The molecule has 2 aliphatic carbocycles. The normalized spacial score (nSPS) is 26.0. The third-order valence-electron chi connectivity index (χ3n) is 5.03. The fraction of sp³-hybridized carbons (Fsp3) is 0.500. The Balaban J connectivity index is 1.58. The summed E-state index contributed by atoms with van der Waals surface area (Å²) in [5.74, 6) is 1.96. The maximum Gasteiger partial charge on any atom is 0.0934 e. The Morgan fingerprint density at radius 3 is 2.86 bits per heavy atom. The average Bonchev–Trinajstić information content (AvgIpc) is 3.32. The van der Waals surface area contributed by atoms with Crippen molar-refractivity contribution in [2.24, 2.45) is 11.8 Å². The van der Waals surface area contributed by atoms with Gasteiger partial charge < -0.3 is 5.32 Å². The summed E-state index contributed by atoms with van der Waals surface area (Å²) < 4.78 is 0. The number of benzene rings is 1. The standard InChI is InChI=1S/C18H21ClN2/c19-15-9-14-4-2-8-20-18(14)17(11-15)21-16-5-1-3-13(10-16)12-6-7-12/h2,4,8-9,11-13,16,21H,1,3,5-7,10H2. The van der Waals surface area contributed by atoms with Crippen molar-refractivity contribution in [3.8, 4) is 0 Å². The van der Waals surface area contributed by atoms with Crippen molar-refractivity contribution in [3.05, 3.63) is 35.5 Å². The number of rotatable bonds is 3. The number of nitrogens with zero attached hydrogens (tertiary/aromatic N) is 1. The van der Waals surface area contributed by atoms with Gasteiger partial charge in [-0.15, -0.1) is 0 Å². The highest BCUT2D eigenvalue weighted by Gasteiger charge is 2.34. The van der Waals surface area contributed by atoms with Crippen molar-refractivity contribution in [3.63, 3.8) is 0 Å². The Labute approximate surface area is 130 Å². The van der Waals surface area contributed by atoms with E-state index in [1.807, 2.05) is 24.4 Å². The van der Waals surface area contributed by atoms with Gasteiger partial charge in [0.15, 0.2) is 0 Å². The van der Waals surface area contributed by atoms with Crippen LogP contribution in [-0.4, -0.2) is 11.0 Å². The molecule has 0 bridgehead atoms. The van der Waals surface area contributed by atoms with E-state index in [2.05, 4.69) is 16.4 Å². The zero-order valence-electron chi connectivity index (χ0n) is 12.2. The van der Waals surface area contributed by atoms with Gasteiger partial charge in [0, 0.05) is 22.6 Å². The molecule has 0 saturated heterocycles. The minimum Gasteiger partial charge on any atom is -0.380 e. The molecule has 1 aromatic carbocycles. The highest BCUT2D eigenvalue weighted by molar-refractivity contribution is 6.31. The van der Waals surface area contributed by atoms with Gasteiger partial charge in [0.2, 0.25) is 0 Å². The number of anilines is 1. The van der Waals surface area contributed by atoms with E-state index in [1.165, 1.54) is 38.5 Å². The monoisotopic (exact) mass is 300 g/mol. The predicted octanol–water partition coefficient (Wildman–Crippen LogP) is 5.27. The van der Waals surface area contributed by atoms with Crippen LogP contribution in [0, 0.1) is 11.8 Å². The smallest absolute Gasteiger partial charge is 0.0934 e. The van der Waals surface area contributed by atoms with Crippen LogP contribution in [0.3, 0.4) is 0 Å². The number of halogens is 1. The molecule has 110 valence electrons. The summed E-state index contributed by atoms with van der Waals surface area (Å²) in [7, 11) is 0. The molecule has 0 amide bonds. The first-order valence-electron chi connectivity index (χ1n) is 8.10. The number of fused-ring (bicyclic) bond motifs is 1. The molecule has 0 spiro atoms. The lowest BCUT2D eigenvalue weighted by molar-refractivity contribution is 0.303. The number of hydrogen-bond acceptors (Lipinski definition) is 2. The topological polar surface area (TPSA) is 24.9 Å². The van der Waals surface area contributed by atoms with Gasteiger partial charge in [-0.2, -0.15) is 0 Å². The van der Waals surface area contributed by atoms with Gasteiger partial charge in [-0.25, -0.2) is 0 Å². The summed E-state index contributed by atoms with van der Waals surface area (Å²) in [4.78, 5) is 4.53. The van der Waals surface area contributed by atoms with Gasteiger partial charge >= 0.3 is 0 Å². The summed E-state index contributed by atoms with van der Waals surface area (Å²) in [6.07, 6.45) is 10.1. The van der Waals surface area contributed by atoms with Gasteiger partial charge in [0.05, 0.1) is 11.2 Å². The third kappa shape index (κ3) is 2.87. The second-order valence-corrected chi connectivity index (χ2v) is 7.07. The quantitative estimate of drug-likeness (QED) is 0.835. The SMILES string of the molecule is Clc1cc(NC2CCCC(C3CC3)C2)c2ncccc2c1. The highest BCUT2D eigenvalue weighted by atomic mass is 35.5. The molecule has 2 aromatic rings. The molecule has 4 rings (SSSR count). The van der Waals surface area contributed by atoms with Crippen molar-refractivity contribution < 1.29 is 0 Å². The van der Waals surface area contributed by atoms with Crippen molar-refractivity contribution in [2.45, 2.75) is 44.6 Å². The maximum atomic E-state index is 6.26. The molecular weight excluding hydrogens is 280 g/mol. The average molecular weight is 301 g/mol. The van der Waals surface area contributed by atoms with Crippen molar-refractivity contribution in [1.29, 1.82) is 0 Å². The predicted molar refractivity (Wildman–Crippen MR) is 88.8 cm³/mol. The van der Waals surface area contributed by atoms with Gasteiger partial charge in [-0.05, 0) is 55.7 Å². The molecule has 0 radical (unpaired) electrons. The van der Waals surface area contributed by atoms with Gasteiger partial charge in [-0.1, -0.05) is 30.5 Å². The van der Waals surface area contributed by atoms with Crippen LogP contribution in [0.4, 0.5) is 5.69 Å². The summed E-state index contributed by atoms with van der Waals surface area (Å²) in [6.45, 7) is 0. The maximum absolute atomic E-state index is 6.26. The minimum absolute atomic E-state index is 0.577. The van der Waals surface area contributed by atoms with Crippen LogP contribution in [0.5, 0.6) is 0 Å². The number of aromatic nitrogens is 1. The summed E-state index contributed by atoms with van der Waals surface area (Å²) in [5.41, 5.74) is 2.13. The van der Waals surface area contributed by atoms with Crippen molar-refractivity contribution in [1.82, 2.24) is 4.98 Å².